The normalized spacial score (nSPS) is 11.7. The lowest BCUT2D eigenvalue weighted by Crippen LogP contribution is -2.22. The molecule has 0 saturated carbocycles. The van der Waals surface area contributed by atoms with Gasteiger partial charge < -0.3 is 4.74 Å². The van der Waals surface area contributed by atoms with Crippen LogP contribution in [0.25, 0.3) is 0 Å². The molecule has 0 unspecified atom stereocenters. The number of hydrogen-bond acceptors (Lipinski definition) is 4. The summed E-state index contributed by atoms with van der Waals surface area (Å²) in [6.07, 6.45) is 0.515. The maximum absolute atomic E-state index is 11.5. The van der Waals surface area contributed by atoms with E-state index in [9.17, 15) is 4.79 Å². The third kappa shape index (κ3) is 6.16. The van der Waals surface area contributed by atoms with Crippen LogP contribution in [0.3, 0.4) is 0 Å². The van der Waals surface area contributed by atoms with E-state index in [1.165, 1.54) is 19.4 Å². The molecule has 0 aliphatic rings. The van der Waals surface area contributed by atoms with E-state index in [1.807, 2.05) is 0 Å². The largest absolute Gasteiger partial charge is 0.451 e. The number of nitrogens with zero attached hydrogens (tertiary/aromatic N) is 2. The van der Waals surface area contributed by atoms with Gasteiger partial charge in [-0.1, -0.05) is 64.1 Å². The van der Waals surface area contributed by atoms with Gasteiger partial charge in [-0.25, -0.2) is 4.79 Å². The van der Waals surface area contributed by atoms with Crippen LogP contribution in [0.2, 0.25) is 10.0 Å². The molecule has 1 aromatic carbocycles. The number of hydrazone groups is 1. The minimum Gasteiger partial charge on any atom is -0.451 e. The van der Waals surface area contributed by atoms with Gasteiger partial charge in [-0.3, -0.25) is 0 Å². The molecule has 1 amide bonds. The molecule has 1 rings (SSSR count). The number of carbonyl (C=O) groups is 1. The molecule has 0 aliphatic carbocycles. The second kappa shape index (κ2) is 7.82. The van der Waals surface area contributed by atoms with Gasteiger partial charge in [0.1, 0.15) is 0 Å². The highest BCUT2D eigenvalue weighted by Gasteiger charge is 2.29. The van der Waals surface area contributed by atoms with E-state index in [4.69, 9.17) is 58.0 Å². The Morgan fingerprint density at radius 3 is 2.55 bits per heavy atom. The molecule has 0 aromatic heterocycles. The van der Waals surface area contributed by atoms with E-state index in [1.54, 1.807) is 12.1 Å². The summed E-state index contributed by atoms with van der Waals surface area (Å²) in [5.41, 5.74) is 0.537. The molecule has 0 fully saturated rings. The lowest BCUT2D eigenvalue weighted by atomic mass is 10.2. The van der Waals surface area contributed by atoms with Crippen molar-refractivity contribution >= 4 is 82.3 Å². The summed E-state index contributed by atoms with van der Waals surface area (Å²) in [6.45, 7) is 0. The van der Waals surface area contributed by atoms with Gasteiger partial charge in [-0.15, -0.1) is 4.41 Å². The van der Waals surface area contributed by atoms with Crippen LogP contribution in [0.15, 0.2) is 23.3 Å². The van der Waals surface area contributed by atoms with Gasteiger partial charge in [-0.2, -0.15) is 5.10 Å². The van der Waals surface area contributed by atoms with Crippen molar-refractivity contribution in [2.45, 2.75) is 3.12 Å². The molecule has 4 nitrogen and oxygen atoms in total. The molecule has 0 saturated heterocycles. The van der Waals surface area contributed by atoms with Crippen LogP contribution in [0, 0.1) is 0 Å². The zero-order valence-corrected chi connectivity index (χ0v) is 14.4. The Morgan fingerprint density at radius 1 is 1.40 bits per heavy atom. The average molecular weight is 397 g/mol. The Bertz CT molecular complexity index is 521. The second-order valence-corrected chi connectivity index (χ2v) is 8.13. The van der Waals surface area contributed by atoms with Crippen molar-refractivity contribution in [1.29, 1.82) is 0 Å². The van der Waals surface area contributed by atoms with Gasteiger partial charge in [0.2, 0.25) is 0 Å². The van der Waals surface area contributed by atoms with Crippen LogP contribution in [0.4, 0.5) is 4.79 Å². The molecule has 0 atom stereocenters. The van der Waals surface area contributed by atoms with Crippen molar-refractivity contribution in [1.82, 2.24) is 4.41 Å². The first kappa shape index (κ1) is 18.0. The fraction of sp³-hybridized carbons (Fsp3) is 0.200. The molecule has 1 aromatic rings. The molecule has 0 spiro atoms. The fourth-order valence-corrected chi connectivity index (χ4v) is 2.49. The predicted molar refractivity (Wildman–Crippen MR) is 86.2 cm³/mol. The molecule has 110 valence electrons. The molecule has 20 heavy (non-hydrogen) atoms. The van der Waals surface area contributed by atoms with Gasteiger partial charge >= 0.3 is 6.09 Å². The lowest BCUT2D eigenvalue weighted by Gasteiger charge is -2.18. The number of ether oxygens (including phenoxy) is 1. The number of amides is 1. The SMILES string of the molecule is COC(=O)N(N=Cc1ccc(Cl)cc1Cl)SC(Cl)(Cl)Cl. The van der Waals surface area contributed by atoms with E-state index in [-0.39, 0.29) is 0 Å². The number of benzene rings is 1. The number of hydrogen-bond donors (Lipinski definition) is 0. The summed E-state index contributed by atoms with van der Waals surface area (Å²) < 4.78 is 3.54. The number of halogens is 5. The first-order valence-corrected chi connectivity index (χ1v) is 7.52. The Labute approximate surface area is 145 Å². The summed E-state index contributed by atoms with van der Waals surface area (Å²) in [5.74, 6) is 0. The van der Waals surface area contributed by atoms with Gasteiger partial charge in [-0.05, 0) is 12.1 Å². The zero-order chi connectivity index (χ0) is 15.3. The third-order valence-corrected chi connectivity index (χ3v) is 3.59. The van der Waals surface area contributed by atoms with Crippen LogP contribution < -0.4 is 0 Å². The van der Waals surface area contributed by atoms with Gasteiger partial charge in [0.15, 0.2) is 0 Å². The maximum Gasteiger partial charge on any atom is 0.440 e. The zero-order valence-electron chi connectivity index (χ0n) is 9.82. The van der Waals surface area contributed by atoms with Crippen molar-refractivity contribution in [2.75, 3.05) is 7.11 Å². The standard InChI is InChI=1S/C10H7Cl5N2O2S/c1-19-9(18)17(20-10(13,14)15)16-5-6-2-3-7(11)4-8(6)12/h2-5H,1H3. The summed E-state index contributed by atoms with van der Waals surface area (Å²) >= 11 is 29.1. The highest BCUT2D eigenvalue weighted by atomic mass is 35.6. The van der Waals surface area contributed by atoms with Gasteiger partial charge in [0.05, 0.1) is 18.3 Å². The van der Waals surface area contributed by atoms with Crippen LogP contribution in [-0.4, -0.2) is 27.0 Å². The predicted octanol–water partition coefficient (Wildman–Crippen LogP) is 5.37. The van der Waals surface area contributed by atoms with E-state index >= 15 is 0 Å². The van der Waals surface area contributed by atoms with Crippen LogP contribution in [0.1, 0.15) is 5.56 Å². The summed E-state index contributed by atoms with van der Waals surface area (Å²) in [4.78, 5) is 11.5. The fourth-order valence-electron chi connectivity index (χ4n) is 1.00. The number of methoxy groups -OCH3 is 1. The maximum atomic E-state index is 11.5. The first-order valence-electron chi connectivity index (χ1n) is 4.86. The summed E-state index contributed by atoms with van der Waals surface area (Å²) in [5, 5.41) is 4.70. The molecular formula is C10H7Cl5N2O2S. The average Bonchev–Trinajstić information content (AvgIpc) is 2.33. The number of carbonyl (C=O) groups excluding carboxylic acids is 1. The molecule has 0 aliphatic heterocycles. The van der Waals surface area contributed by atoms with Gasteiger partial charge in [0, 0.05) is 22.5 Å². The van der Waals surface area contributed by atoms with E-state index < -0.39 is 9.22 Å². The second-order valence-electron chi connectivity index (χ2n) is 3.19. The first-order chi connectivity index (χ1) is 9.23. The number of alkyl halides is 3. The molecule has 0 bridgehead atoms. The van der Waals surface area contributed by atoms with Crippen molar-refractivity contribution < 1.29 is 9.53 Å². The quantitative estimate of drug-likeness (QED) is 0.298. The Balaban J connectivity index is 2.93. The number of rotatable bonds is 3. The van der Waals surface area contributed by atoms with Gasteiger partial charge in [0.25, 0.3) is 3.12 Å². The molecule has 10 heteroatoms. The molecule has 0 radical (unpaired) electrons. The van der Waals surface area contributed by atoms with Crippen molar-refractivity contribution in [3.8, 4) is 0 Å². The van der Waals surface area contributed by atoms with Crippen LogP contribution in [0.5, 0.6) is 0 Å². The minimum atomic E-state index is -1.77. The molecule has 0 N–H and O–H groups in total. The van der Waals surface area contributed by atoms with Crippen molar-refractivity contribution in [2.24, 2.45) is 5.10 Å². The van der Waals surface area contributed by atoms with Crippen LogP contribution >= 0.6 is 70.0 Å². The van der Waals surface area contributed by atoms with Crippen molar-refractivity contribution in [3.05, 3.63) is 33.8 Å². The van der Waals surface area contributed by atoms with Crippen molar-refractivity contribution in [3.63, 3.8) is 0 Å². The van der Waals surface area contributed by atoms with E-state index in [0.717, 1.165) is 4.41 Å². The topological polar surface area (TPSA) is 41.9 Å². The highest BCUT2D eigenvalue weighted by molar-refractivity contribution is 8.03. The smallest absolute Gasteiger partial charge is 0.440 e. The minimum absolute atomic E-state index is 0.366. The summed E-state index contributed by atoms with van der Waals surface area (Å²) in [6, 6.07) is 4.79. The lowest BCUT2D eigenvalue weighted by molar-refractivity contribution is 0.153. The molecule has 0 heterocycles. The Kier molecular flexibility index (Phi) is 7.04. The van der Waals surface area contributed by atoms with E-state index in [0.29, 0.717) is 27.6 Å². The van der Waals surface area contributed by atoms with Crippen LogP contribution in [-0.2, 0) is 4.74 Å². The highest BCUT2D eigenvalue weighted by Crippen LogP contribution is 2.41. The molecular weight excluding hydrogens is 389 g/mol. The Hall–Kier alpha value is -0.0400. The third-order valence-electron chi connectivity index (χ3n) is 1.78. The monoisotopic (exact) mass is 394 g/mol. The van der Waals surface area contributed by atoms with E-state index in [2.05, 4.69) is 9.84 Å². The summed E-state index contributed by atoms with van der Waals surface area (Å²) in [7, 11) is 1.18. The Morgan fingerprint density at radius 2 is 2.05 bits per heavy atom.